The molecule has 7 heteroatoms. The molecule has 6 nitrogen and oxygen atoms in total. The number of carboxylic acid groups (broad SMARTS) is 1. The maximum atomic E-state index is 12.1. The first-order chi connectivity index (χ1) is 9.85. The number of aliphatic carboxylic acids is 1. The smallest absolute Gasteiger partial charge is 0.314 e. The average Bonchev–Trinajstić information content (AvgIpc) is 3.19. The summed E-state index contributed by atoms with van der Waals surface area (Å²) >= 11 is 0. The van der Waals surface area contributed by atoms with Gasteiger partial charge in [0.25, 0.3) is 0 Å². The third-order valence-electron chi connectivity index (χ3n) is 4.18. The molecular formula is C14H18O6S. The van der Waals surface area contributed by atoms with Gasteiger partial charge in [0.2, 0.25) is 0 Å². The van der Waals surface area contributed by atoms with E-state index >= 15 is 0 Å². The molecule has 21 heavy (non-hydrogen) atoms. The number of rotatable bonds is 6. The number of aliphatic hydroxyl groups excluding tert-OH is 1. The molecule has 0 spiro atoms. The molecule has 0 bridgehead atoms. The second-order valence-electron chi connectivity index (χ2n) is 5.13. The van der Waals surface area contributed by atoms with Crippen molar-refractivity contribution in [2.75, 3.05) is 19.5 Å². The Bertz CT molecular complexity index is 636. The Hall–Kier alpha value is -1.60. The highest BCUT2D eigenvalue weighted by Gasteiger charge is 2.75. The number of methoxy groups -OCH3 is 1. The van der Waals surface area contributed by atoms with E-state index in [1.165, 1.54) is 14.0 Å². The predicted molar refractivity (Wildman–Crippen MR) is 76.1 cm³/mol. The Morgan fingerprint density at radius 2 is 1.90 bits per heavy atom. The summed E-state index contributed by atoms with van der Waals surface area (Å²) < 4.78 is 29.3. The van der Waals surface area contributed by atoms with E-state index in [1.54, 1.807) is 24.3 Å². The van der Waals surface area contributed by atoms with Crippen LogP contribution in [0.1, 0.15) is 18.4 Å². The molecule has 1 saturated carbocycles. The quantitative estimate of drug-likeness (QED) is 0.800. The number of ether oxygens (including phenoxy) is 1. The fourth-order valence-electron chi connectivity index (χ4n) is 2.91. The number of carbonyl (C=O) groups is 1. The lowest BCUT2D eigenvalue weighted by Gasteiger charge is -2.09. The predicted octanol–water partition coefficient (Wildman–Crippen LogP) is 0.659. The molecule has 0 amide bonds. The first-order valence-electron chi connectivity index (χ1n) is 6.55. The molecule has 116 valence electrons. The van der Waals surface area contributed by atoms with E-state index in [2.05, 4.69) is 0 Å². The molecular weight excluding hydrogens is 296 g/mol. The van der Waals surface area contributed by atoms with Gasteiger partial charge in [0.15, 0.2) is 9.84 Å². The van der Waals surface area contributed by atoms with Crippen molar-refractivity contribution in [1.29, 1.82) is 0 Å². The molecule has 1 aliphatic carbocycles. The van der Waals surface area contributed by atoms with Gasteiger partial charge >= 0.3 is 5.97 Å². The van der Waals surface area contributed by atoms with Crippen molar-refractivity contribution in [3.05, 3.63) is 29.8 Å². The van der Waals surface area contributed by atoms with Crippen molar-refractivity contribution in [1.82, 2.24) is 0 Å². The minimum Gasteiger partial charge on any atom is -0.497 e. The molecule has 0 aromatic heterocycles. The van der Waals surface area contributed by atoms with Crippen molar-refractivity contribution in [3.8, 4) is 5.75 Å². The third-order valence-corrected chi connectivity index (χ3v) is 6.45. The van der Waals surface area contributed by atoms with Gasteiger partial charge in [-0.1, -0.05) is 19.1 Å². The summed E-state index contributed by atoms with van der Waals surface area (Å²) in [4.78, 5) is 11.5. The van der Waals surface area contributed by atoms with E-state index < -0.39 is 39.0 Å². The van der Waals surface area contributed by atoms with Gasteiger partial charge in [-0.05, 0) is 17.7 Å². The van der Waals surface area contributed by atoms with Gasteiger partial charge in [-0.3, -0.25) is 4.79 Å². The van der Waals surface area contributed by atoms with Crippen molar-refractivity contribution in [3.63, 3.8) is 0 Å². The summed E-state index contributed by atoms with van der Waals surface area (Å²) in [5.41, 5.74) is -1.07. The first kappa shape index (κ1) is 15.8. The van der Waals surface area contributed by atoms with Crippen LogP contribution in [0.5, 0.6) is 5.75 Å². The molecule has 0 heterocycles. The van der Waals surface area contributed by atoms with Gasteiger partial charge in [0, 0.05) is 11.7 Å². The van der Waals surface area contributed by atoms with Crippen LogP contribution >= 0.6 is 0 Å². The summed E-state index contributed by atoms with van der Waals surface area (Å²) in [6, 6.07) is 6.57. The zero-order valence-corrected chi connectivity index (χ0v) is 12.6. The largest absolute Gasteiger partial charge is 0.497 e. The van der Waals surface area contributed by atoms with Crippen LogP contribution in [-0.4, -0.2) is 49.3 Å². The monoisotopic (exact) mass is 314 g/mol. The molecule has 2 N–H and O–H groups in total. The summed E-state index contributed by atoms with van der Waals surface area (Å²) in [5.74, 6) is -1.58. The Morgan fingerprint density at radius 1 is 1.33 bits per heavy atom. The van der Waals surface area contributed by atoms with Crippen LogP contribution in [0.3, 0.4) is 0 Å². The van der Waals surface area contributed by atoms with Gasteiger partial charge in [-0.2, -0.15) is 0 Å². The number of aliphatic hydroxyl groups is 1. The minimum absolute atomic E-state index is 0.153. The molecule has 0 unspecified atom stereocenters. The van der Waals surface area contributed by atoms with E-state index in [-0.39, 0.29) is 5.75 Å². The van der Waals surface area contributed by atoms with E-state index in [4.69, 9.17) is 4.74 Å². The number of benzene rings is 1. The summed E-state index contributed by atoms with van der Waals surface area (Å²) in [6.45, 7) is 0.769. The van der Waals surface area contributed by atoms with Crippen LogP contribution in [0.4, 0.5) is 0 Å². The molecule has 0 radical (unpaired) electrons. The molecule has 1 fully saturated rings. The van der Waals surface area contributed by atoms with Crippen LogP contribution < -0.4 is 4.74 Å². The topological polar surface area (TPSA) is 101 Å². The lowest BCUT2D eigenvalue weighted by atomic mass is 10.00. The minimum atomic E-state index is -3.57. The summed E-state index contributed by atoms with van der Waals surface area (Å²) in [7, 11) is -2.07. The molecule has 0 saturated heterocycles. The van der Waals surface area contributed by atoms with Crippen molar-refractivity contribution in [2.24, 2.45) is 5.41 Å². The highest BCUT2D eigenvalue weighted by atomic mass is 32.2. The molecule has 1 aliphatic rings. The Labute approximate surface area is 123 Å². The maximum absolute atomic E-state index is 12.1. The van der Waals surface area contributed by atoms with Crippen molar-refractivity contribution in [2.45, 2.75) is 18.1 Å². The summed E-state index contributed by atoms with van der Waals surface area (Å²) in [5, 5.41) is 17.8. The molecule has 2 rings (SSSR count). The number of carboxylic acids is 1. The van der Waals surface area contributed by atoms with E-state index in [0.29, 0.717) is 11.3 Å². The standard InChI is InChI=1S/C14H18O6S/c1-3-21(18,19)12-11(14(12,8-15)13(16)17)9-4-6-10(20-2)7-5-9/h4-7,11-12,15H,3,8H2,1-2H3,(H,16,17)/t11-,12-,14+/m1/s1. The number of hydrogen-bond donors (Lipinski definition) is 2. The highest BCUT2D eigenvalue weighted by Crippen LogP contribution is 2.63. The lowest BCUT2D eigenvalue weighted by Crippen LogP contribution is -2.28. The second-order valence-corrected chi connectivity index (χ2v) is 7.54. The molecule has 1 aromatic rings. The van der Waals surface area contributed by atoms with Crippen molar-refractivity contribution >= 4 is 15.8 Å². The Kier molecular flexibility index (Phi) is 3.99. The molecule has 0 aliphatic heterocycles. The lowest BCUT2D eigenvalue weighted by molar-refractivity contribution is -0.145. The van der Waals surface area contributed by atoms with Gasteiger partial charge < -0.3 is 14.9 Å². The zero-order valence-electron chi connectivity index (χ0n) is 11.8. The van der Waals surface area contributed by atoms with Crippen LogP contribution in [0.2, 0.25) is 0 Å². The van der Waals surface area contributed by atoms with Crippen LogP contribution in [0.15, 0.2) is 24.3 Å². The van der Waals surface area contributed by atoms with Crippen LogP contribution in [0, 0.1) is 5.41 Å². The SMILES string of the molecule is CCS(=O)(=O)[C@@H]1[C@@H](c2ccc(OC)cc2)[C@]1(CO)C(=O)O. The van der Waals surface area contributed by atoms with Crippen LogP contribution in [-0.2, 0) is 14.6 Å². The molecule has 3 atom stereocenters. The van der Waals surface area contributed by atoms with E-state index in [1.807, 2.05) is 0 Å². The van der Waals surface area contributed by atoms with E-state index in [9.17, 15) is 23.4 Å². The van der Waals surface area contributed by atoms with Crippen molar-refractivity contribution < 1.29 is 28.2 Å². The van der Waals surface area contributed by atoms with Gasteiger partial charge in [0.05, 0.1) is 19.0 Å². The first-order valence-corrected chi connectivity index (χ1v) is 8.26. The average molecular weight is 314 g/mol. The fraction of sp³-hybridized carbons (Fsp3) is 0.500. The molecule has 1 aromatic carbocycles. The highest BCUT2D eigenvalue weighted by molar-refractivity contribution is 7.92. The maximum Gasteiger partial charge on any atom is 0.314 e. The summed E-state index contributed by atoms with van der Waals surface area (Å²) in [6.07, 6.45) is 0. The Balaban J connectivity index is 2.47. The van der Waals surface area contributed by atoms with Gasteiger partial charge in [-0.25, -0.2) is 8.42 Å². The third kappa shape index (κ3) is 2.30. The fourth-order valence-corrected chi connectivity index (χ4v) is 4.96. The van der Waals surface area contributed by atoms with Crippen LogP contribution in [0.25, 0.3) is 0 Å². The Morgan fingerprint density at radius 3 is 2.29 bits per heavy atom. The normalized spacial score (nSPS) is 28.1. The van der Waals surface area contributed by atoms with Gasteiger partial charge in [0.1, 0.15) is 11.2 Å². The van der Waals surface area contributed by atoms with Gasteiger partial charge in [-0.15, -0.1) is 0 Å². The number of sulfone groups is 1. The zero-order chi connectivity index (χ0) is 15.8. The van der Waals surface area contributed by atoms with E-state index in [0.717, 1.165) is 0 Å². The number of hydrogen-bond acceptors (Lipinski definition) is 5. The second kappa shape index (κ2) is 5.31.